The summed E-state index contributed by atoms with van der Waals surface area (Å²) in [6, 6.07) is 6.69. The lowest BCUT2D eigenvalue weighted by atomic mass is 10.1. The highest BCUT2D eigenvalue weighted by Gasteiger charge is 2.24. The number of nitrogens with one attached hydrogen (secondary N) is 2. The quantitative estimate of drug-likeness (QED) is 0.207. The highest BCUT2D eigenvalue weighted by Crippen LogP contribution is 2.24. The van der Waals surface area contributed by atoms with E-state index in [-0.39, 0.29) is 29.5 Å². The van der Waals surface area contributed by atoms with Gasteiger partial charge in [0.2, 0.25) is 11.7 Å². The van der Waals surface area contributed by atoms with Crippen LogP contribution in [-0.4, -0.2) is 67.8 Å². The monoisotopic (exact) mass is 476 g/mol. The van der Waals surface area contributed by atoms with Crippen LogP contribution in [-0.2, 0) is 19.0 Å². The molecule has 0 aliphatic rings. The van der Waals surface area contributed by atoms with Crippen molar-refractivity contribution in [3.05, 3.63) is 52.3 Å². The molecule has 10 heteroatoms. The summed E-state index contributed by atoms with van der Waals surface area (Å²) in [5.41, 5.74) is 1.70. The molecule has 0 unspecified atom stereocenters. The third kappa shape index (κ3) is 7.19. The normalized spacial score (nSPS) is 10.5. The highest BCUT2D eigenvalue weighted by molar-refractivity contribution is 8.00. The predicted molar refractivity (Wildman–Crippen MR) is 123 cm³/mol. The van der Waals surface area contributed by atoms with Gasteiger partial charge in [-0.25, -0.2) is 9.59 Å². The number of hydrogen-bond donors (Lipinski definition) is 2. The second kappa shape index (κ2) is 12.8. The maximum atomic E-state index is 12.6. The fraction of sp³-hybridized carbons (Fsp3) is 0.391. The van der Waals surface area contributed by atoms with E-state index in [9.17, 15) is 19.2 Å². The van der Waals surface area contributed by atoms with Gasteiger partial charge in [-0.15, -0.1) is 11.8 Å². The number of esters is 2. The van der Waals surface area contributed by atoms with E-state index in [1.807, 2.05) is 0 Å². The van der Waals surface area contributed by atoms with Crippen molar-refractivity contribution in [1.29, 1.82) is 0 Å². The van der Waals surface area contributed by atoms with Crippen molar-refractivity contribution in [3.8, 4) is 0 Å². The maximum absolute atomic E-state index is 12.6. The van der Waals surface area contributed by atoms with Crippen LogP contribution in [0.15, 0.2) is 29.2 Å². The Balaban J connectivity index is 2.01. The molecule has 0 radical (unpaired) electrons. The van der Waals surface area contributed by atoms with Crippen LogP contribution in [0.25, 0.3) is 0 Å². The first-order valence-electron chi connectivity index (χ1n) is 10.3. The molecule has 0 saturated carbocycles. The number of carbonyl (C=O) groups is 4. The SMILES string of the molecule is CCOC(=O)c1c(C)[nH]c(C(=O)COC(=O)c2ccccc2SCC(=O)NCCOC)c1C. The van der Waals surface area contributed by atoms with Crippen LogP contribution in [0.3, 0.4) is 0 Å². The molecular formula is C23H28N2O7S. The lowest BCUT2D eigenvalue weighted by Crippen LogP contribution is -2.28. The number of aromatic nitrogens is 1. The molecule has 2 aromatic rings. The number of ketones is 1. The van der Waals surface area contributed by atoms with Crippen molar-refractivity contribution in [2.45, 2.75) is 25.7 Å². The Morgan fingerprint density at radius 2 is 1.79 bits per heavy atom. The minimum atomic E-state index is -0.683. The fourth-order valence-corrected chi connectivity index (χ4v) is 3.94. The number of thioether (sulfide) groups is 1. The summed E-state index contributed by atoms with van der Waals surface area (Å²) >= 11 is 1.19. The first-order valence-corrected chi connectivity index (χ1v) is 11.3. The Morgan fingerprint density at radius 3 is 2.48 bits per heavy atom. The largest absolute Gasteiger partial charge is 0.462 e. The number of hydrogen-bond acceptors (Lipinski definition) is 8. The van der Waals surface area contributed by atoms with E-state index >= 15 is 0 Å². The lowest BCUT2D eigenvalue weighted by molar-refractivity contribution is -0.118. The number of aryl methyl sites for hydroxylation is 1. The van der Waals surface area contributed by atoms with Gasteiger partial charge >= 0.3 is 11.9 Å². The van der Waals surface area contributed by atoms with Gasteiger partial charge in [0.1, 0.15) is 0 Å². The third-order valence-corrected chi connectivity index (χ3v) is 5.70. The second-order valence-electron chi connectivity index (χ2n) is 6.97. The summed E-state index contributed by atoms with van der Waals surface area (Å²) in [4.78, 5) is 52.7. The number of amides is 1. The first-order chi connectivity index (χ1) is 15.8. The topological polar surface area (TPSA) is 124 Å². The van der Waals surface area contributed by atoms with Crippen molar-refractivity contribution in [2.24, 2.45) is 0 Å². The number of rotatable bonds is 12. The van der Waals surface area contributed by atoms with E-state index in [0.717, 1.165) is 0 Å². The Hall–Kier alpha value is -3.11. The molecule has 0 aliphatic carbocycles. The zero-order chi connectivity index (χ0) is 24.4. The Morgan fingerprint density at radius 1 is 1.06 bits per heavy atom. The molecule has 0 atom stereocenters. The molecule has 2 rings (SSSR count). The van der Waals surface area contributed by atoms with Gasteiger partial charge in [0.15, 0.2) is 6.61 Å². The number of Topliss-reactive ketones (excluding diaryl/α,β-unsaturated/α-hetero) is 1. The second-order valence-corrected chi connectivity index (χ2v) is 7.99. The molecule has 0 bridgehead atoms. The molecule has 1 heterocycles. The molecule has 33 heavy (non-hydrogen) atoms. The van der Waals surface area contributed by atoms with Crippen molar-refractivity contribution in [3.63, 3.8) is 0 Å². The predicted octanol–water partition coefficient (Wildman–Crippen LogP) is 2.70. The Bertz CT molecular complexity index is 1020. The lowest BCUT2D eigenvalue weighted by Gasteiger charge is -2.09. The number of ether oxygens (including phenoxy) is 3. The summed E-state index contributed by atoms with van der Waals surface area (Å²) in [6.45, 7) is 5.53. The number of benzene rings is 1. The van der Waals surface area contributed by atoms with Gasteiger partial charge < -0.3 is 24.5 Å². The van der Waals surface area contributed by atoms with Crippen molar-refractivity contribution < 1.29 is 33.4 Å². The van der Waals surface area contributed by atoms with Crippen LogP contribution >= 0.6 is 11.8 Å². The van der Waals surface area contributed by atoms with Crippen LogP contribution in [0, 0.1) is 13.8 Å². The van der Waals surface area contributed by atoms with Crippen LogP contribution in [0.1, 0.15) is 49.4 Å². The molecule has 2 N–H and O–H groups in total. The summed E-state index contributed by atoms with van der Waals surface area (Å²) in [5.74, 6) is -1.74. The van der Waals surface area contributed by atoms with Gasteiger partial charge in [-0.05, 0) is 38.5 Å². The van der Waals surface area contributed by atoms with Crippen LogP contribution in [0.2, 0.25) is 0 Å². The number of carbonyl (C=O) groups excluding carboxylic acids is 4. The molecule has 1 aromatic carbocycles. The van der Waals surface area contributed by atoms with Gasteiger partial charge in [0, 0.05) is 24.2 Å². The smallest absolute Gasteiger partial charge is 0.340 e. The fourth-order valence-electron chi connectivity index (χ4n) is 3.07. The van der Waals surface area contributed by atoms with Crippen molar-refractivity contribution >= 4 is 35.4 Å². The van der Waals surface area contributed by atoms with Gasteiger partial charge in [-0.2, -0.15) is 0 Å². The van der Waals surface area contributed by atoms with E-state index in [0.29, 0.717) is 34.9 Å². The van der Waals surface area contributed by atoms with E-state index in [4.69, 9.17) is 14.2 Å². The zero-order valence-corrected chi connectivity index (χ0v) is 19.9. The van der Waals surface area contributed by atoms with E-state index in [2.05, 4.69) is 10.3 Å². The molecule has 0 spiro atoms. The summed E-state index contributed by atoms with van der Waals surface area (Å²) in [6.07, 6.45) is 0. The van der Waals surface area contributed by atoms with Crippen molar-refractivity contribution in [2.75, 3.05) is 39.2 Å². The Kier molecular flexibility index (Phi) is 10.1. The molecule has 1 aromatic heterocycles. The van der Waals surface area contributed by atoms with E-state index < -0.39 is 24.3 Å². The molecule has 0 saturated heterocycles. The minimum absolute atomic E-state index is 0.116. The third-order valence-electron chi connectivity index (χ3n) is 4.62. The first kappa shape index (κ1) is 26.1. The highest BCUT2D eigenvalue weighted by atomic mass is 32.2. The molecule has 0 aliphatic heterocycles. The van der Waals surface area contributed by atoms with Crippen molar-refractivity contribution in [1.82, 2.24) is 10.3 Å². The molecular weight excluding hydrogens is 448 g/mol. The van der Waals surface area contributed by atoms with Gasteiger partial charge in [0.25, 0.3) is 0 Å². The average molecular weight is 477 g/mol. The summed E-state index contributed by atoms with van der Waals surface area (Å²) < 4.78 is 15.1. The summed E-state index contributed by atoms with van der Waals surface area (Å²) in [5, 5.41) is 2.71. The van der Waals surface area contributed by atoms with Crippen LogP contribution in [0.5, 0.6) is 0 Å². The van der Waals surface area contributed by atoms with Gasteiger partial charge in [-0.1, -0.05) is 12.1 Å². The number of H-pyrrole nitrogens is 1. The molecule has 0 fully saturated rings. The number of aromatic amines is 1. The molecule has 1 amide bonds. The van der Waals surface area contributed by atoms with Gasteiger partial charge in [-0.3, -0.25) is 9.59 Å². The van der Waals surface area contributed by atoms with E-state index in [1.54, 1.807) is 52.1 Å². The maximum Gasteiger partial charge on any atom is 0.340 e. The average Bonchev–Trinajstić information content (AvgIpc) is 3.10. The zero-order valence-electron chi connectivity index (χ0n) is 19.1. The number of methoxy groups -OCH3 is 1. The standard InChI is InChI=1S/C23H28N2O7S/c1-5-31-23(29)20-14(2)21(25-15(20)3)17(26)12-32-22(28)16-8-6-7-9-18(16)33-13-19(27)24-10-11-30-4/h6-9,25H,5,10-13H2,1-4H3,(H,24,27). The van der Waals surface area contributed by atoms with E-state index in [1.165, 1.54) is 11.8 Å². The Labute approximate surface area is 196 Å². The van der Waals surface area contributed by atoms with Crippen LogP contribution < -0.4 is 5.32 Å². The molecule has 178 valence electrons. The molecule has 9 nitrogen and oxygen atoms in total. The van der Waals surface area contributed by atoms with Gasteiger partial charge in [0.05, 0.1) is 35.8 Å². The summed E-state index contributed by atoms with van der Waals surface area (Å²) in [7, 11) is 1.55. The minimum Gasteiger partial charge on any atom is -0.462 e. The van der Waals surface area contributed by atoms with Crippen LogP contribution in [0.4, 0.5) is 0 Å².